The van der Waals surface area contributed by atoms with E-state index < -0.39 is 10.0 Å². The monoisotopic (exact) mass is 458 g/mol. The van der Waals surface area contributed by atoms with Crippen LogP contribution < -0.4 is 9.47 Å². The number of aliphatic imine (C=N–C) groups is 1. The number of ether oxygens (including phenoxy) is 2. The molecule has 1 unspecified atom stereocenters. The number of methoxy groups -OCH3 is 2. The predicted octanol–water partition coefficient (Wildman–Crippen LogP) is 4.91. The van der Waals surface area contributed by atoms with E-state index in [0.717, 1.165) is 22.6 Å². The molecule has 2 aromatic rings. The molecule has 0 aliphatic carbocycles. The van der Waals surface area contributed by atoms with Crippen molar-refractivity contribution in [1.82, 2.24) is 4.31 Å². The molecular weight excluding hydrogens is 424 g/mol. The van der Waals surface area contributed by atoms with Crippen molar-refractivity contribution in [3.05, 3.63) is 71.8 Å². The van der Waals surface area contributed by atoms with Gasteiger partial charge in [-0.3, -0.25) is 4.99 Å². The smallest absolute Gasteiger partial charge is 0.260 e. The highest BCUT2D eigenvalue weighted by atomic mass is 32.2. The van der Waals surface area contributed by atoms with Crippen molar-refractivity contribution in [3.8, 4) is 11.5 Å². The maximum atomic E-state index is 13.6. The van der Waals surface area contributed by atoms with Crippen LogP contribution in [0, 0.1) is 11.8 Å². The molecule has 0 aliphatic heterocycles. The third kappa shape index (κ3) is 6.93. The van der Waals surface area contributed by atoms with Gasteiger partial charge >= 0.3 is 0 Å². The topological polar surface area (TPSA) is 68.2 Å². The minimum absolute atomic E-state index is 0.0482. The molecule has 0 spiro atoms. The summed E-state index contributed by atoms with van der Waals surface area (Å²) in [5.41, 5.74) is 1.72. The fourth-order valence-electron chi connectivity index (χ4n) is 2.96. The van der Waals surface area contributed by atoms with Gasteiger partial charge in [0.05, 0.1) is 14.2 Å². The molecule has 0 heterocycles. The zero-order chi connectivity index (χ0) is 23.7. The van der Waals surface area contributed by atoms with Gasteiger partial charge in [0, 0.05) is 20.1 Å². The summed E-state index contributed by atoms with van der Waals surface area (Å²) in [6.45, 7) is 6.70. The lowest BCUT2D eigenvalue weighted by Crippen LogP contribution is -2.35. The van der Waals surface area contributed by atoms with Gasteiger partial charge in [-0.1, -0.05) is 51.1 Å². The summed E-state index contributed by atoms with van der Waals surface area (Å²) in [7, 11) is 0.884. The van der Waals surface area contributed by atoms with E-state index in [1.165, 1.54) is 11.4 Å². The standard InChI is InChI=1S/C25H34N2O4S/c1-19(2)20(3)7-16-25(26-4)32(28,29)27(17-21-8-12-23(30-5)13-9-21)18-22-10-14-24(31-6)15-11-22/h7-16,19-20H,17-18H2,1-6H3/b16-7-,26-25?. The fraction of sp³-hybridized carbons (Fsp3) is 0.400. The average molecular weight is 459 g/mol. The average Bonchev–Trinajstić information content (AvgIpc) is 2.79. The van der Waals surface area contributed by atoms with E-state index in [-0.39, 0.29) is 24.1 Å². The number of hydrogen-bond donors (Lipinski definition) is 0. The number of hydrogen-bond acceptors (Lipinski definition) is 5. The maximum absolute atomic E-state index is 13.6. The van der Waals surface area contributed by atoms with Gasteiger partial charge in [0.15, 0.2) is 5.04 Å². The molecular formula is C25H34N2O4S. The van der Waals surface area contributed by atoms with Crippen LogP contribution in [0.4, 0.5) is 0 Å². The van der Waals surface area contributed by atoms with Crippen molar-refractivity contribution < 1.29 is 17.9 Å². The van der Waals surface area contributed by atoms with Crippen molar-refractivity contribution >= 4 is 15.1 Å². The van der Waals surface area contributed by atoms with Gasteiger partial charge in [-0.05, 0) is 53.3 Å². The highest BCUT2D eigenvalue weighted by Gasteiger charge is 2.27. The number of allylic oxidation sites excluding steroid dienone is 1. The summed E-state index contributed by atoms with van der Waals surface area (Å²) in [5, 5.41) is 0.0482. The Kier molecular flexibility index (Phi) is 9.47. The second kappa shape index (κ2) is 11.8. The Labute approximate surface area is 192 Å². The zero-order valence-corrected chi connectivity index (χ0v) is 20.6. The van der Waals surface area contributed by atoms with Crippen LogP contribution in [-0.4, -0.2) is 39.0 Å². The Morgan fingerprint density at radius 1 is 0.906 bits per heavy atom. The van der Waals surface area contributed by atoms with E-state index in [1.807, 2.05) is 54.6 Å². The fourth-order valence-corrected chi connectivity index (χ4v) is 4.34. The highest BCUT2D eigenvalue weighted by Crippen LogP contribution is 2.21. The van der Waals surface area contributed by atoms with E-state index in [4.69, 9.17) is 9.47 Å². The lowest BCUT2D eigenvalue weighted by molar-refractivity contribution is 0.404. The van der Waals surface area contributed by atoms with Gasteiger partial charge in [0.2, 0.25) is 0 Å². The first-order valence-corrected chi connectivity index (χ1v) is 12.1. The second-order valence-electron chi connectivity index (χ2n) is 7.99. The Balaban J connectivity index is 2.39. The van der Waals surface area contributed by atoms with Crippen LogP contribution in [-0.2, 0) is 23.1 Å². The van der Waals surface area contributed by atoms with Crippen molar-refractivity contribution in [2.24, 2.45) is 16.8 Å². The third-order valence-corrected chi connectivity index (χ3v) is 7.24. The van der Waals surface area contributed by atoms with Crippen LogP contribution in [0.2, 0.25) is 0 Å². The number of benzene rings is 2. The van der Waals surface area contributed by atoms with Crippen LogP contribution in [0.25, 0.3) is 0 Å². The van der Waals surface area contributed by atoms with Gasteiger partial charge in [-0.25, -0.2) is 8.42 Å². The number of nitrogens with zero attached hydrogens (tertiary/aromatic N) is 2. The summed E-state index contributed by atoms with van der Waals surface area (Å²) >= 11 is 0. The molecule has 0 fully saturated rings. The van der Waals surface area contributed by atoms with E-state index in [2.05, 4.69) is 25.8 Å². The first kappa shape index (κ1) is 25.6. The predicted molar refractivity (Wildman–Crippen MR) is 131 cm³/mol. The normalized spacial score (nSPS) is 13.7. The Morgan fingerprint density at radius 3 is 1.69 bits per heavy atom. The summed E-state index contributed by atoms with van der Waals surface area (Å²) in [6.07, 6.45) is 3.53. The molecule has 0 aromatic heterocycles. The summed E-state index contributed by atoms with van der Waals surface area (Å²) in [6, 6.07) is 14.8. The third-order valence-electron chi connectivity index (χ3n) is 5.45. The molecule has 0 amide bonds. The largest absolute Gasteiger partial charge is 0.497 e. The van der Waals surface area contributed by atoms with E-state index in [0.29, 0.717) is 5.92 Å². The second-order valence-corrected chi connectivity index (χ2v) is 9.88. The van der Waals surface area contributed by atoms with E-state index in [1.54, 1.807) is 20.3 Å². The molecule has 32 heavy (non-hydrogen) atoms. The molecule has 0 saturated heterocycles. The van der Waals surface area contributed by atoms with Gasteiger partial charge in [0.25, 0.3) is 10.0 Å². The van der Waals surface area contributed by atoms with Gasteiger partial charge in [-0.2, -0.15) is 4.31 Å². The molecule has 0 saturated carbocycles. The van der Waals surface area contributed by atoms with Crippen molar-refractivity contribution in [2.75, 3.05) is 21.3 Å². The summed E-state index contributed by atoms with van der Waals surface area (Å²) in [5.74, 6) is 2.08. The molecule has 0 N–H and O–H groups in total. The van der Waals surface area contributed by atoms with Gasteiger partial charge in [-0.15, -0.1) is 0 Å². The van der Waals surface area contributed by atoms with E-state index in [9.17, 15) is 8.42 Å². The lowest BCUT2D eigenvalue weighted by Gasteiger charge is -2.23. The SMILES string of the molecule is CN=C(/C=C\C(C)C(C)C)S(=O)(=O)N(Cc1ccc(OC)cc1)Cc1ccc(OC)cc1. The van der Waals surface area contributed by atoms with Crippen molar-refractivity contribution in [2.45, 2.75) is 33.9 Å². The Hall–Kier alpha value is -2.64. The number of sulfonamides is 1. The van der Waals surface area contributed by atoms with Crippen molar-refractivity contribution in [3.63, 3.8) is 0 Å². The molecule has 0 radical (unpaired) electrons. The first-order chi connectivity index (χ1) is 15.2. The van der Waals surface area contributed by atoms with Crippen molar-refractivity contribution in [1.29, 1.82) is 0 Å². The highest BCUT2D eigenvalue weighted by molar-refractivity contribution is 8.04. The van der Waals surface area contributed by atoms with Crippen LogP contribution in [0.1, 0.15) is 31.9 Å². The molecule has 6 nitrogen and oxygen atoms in total. The maximum Gasteiger partial charge on any atom is 0.260 e. The van der Waals surface area contributed by atoms with Crippen LogP contribution in [0.3, 0.4) is 0 Å². The molecule has 0 aliphatic rings. The minimum Gasteiger partial charge on any atom is -0.497 e. The Morgan fingerprint density at radius 2 is 1.34 bits per heavy atom. The molecule has 0 bridgehead atoms. The molecule has 174 valence electrons. The Bertz CT molecular complexity index is 961. The molecule has 1 atom stereocenters. The lowest BCUT2D eigenvalue weighted by atomic mass is 9.98. The summed E-state index contributed by atoms with van der Waals surface area (Å²) < 4.78 is 39.1. The first-order valence-electron chi connectivity index (χ1n) is 10.6. The minimum atomic E-state index is -3.83. The van der Waals surface area contributed by atoms with Gasteiger partial charge < -0.3 is 9.47 Å². The molecule has 2 rings (SSSR count). The van der Waals surface area contributed by atoms with Crippen LogP contribution in [0.15, 0.2) is 65.7 Å². The zero-order valence-electron chi connectivity index (χ0n) is 19.8. The summed E-state index contributed by atoms with van der Waals surface area (Å²) in [4.78, 5) is 4.11. The van der Waals surface area contributed by atoms with Crippen LogP contribution >= 0.6 is 0 Å². The van der Waals surface area contributed by atoms with E-state index >= 15 is 0 Å². The molecule has 7 heteroatoms. The van der Waals surface area contributed by atoms with Gasteiger partial charge in [0.1, 0.15) is 11.5 Å². The van der Waals surface area contributed by atoms with Crippen LogP contribution in [0.5, 0.6) is 11.5 Å². The molecule has 2 aromatic carbocycles. The number of rotatable bonds is 10. The quantitative estimate of drug-likeness (QED) is 0.375.